The molecular weight excluding hydrogens is 254 g/mol. The molecule has 0 radical (unpaired) electrons. The molecule has 2 N–H and O–H groups in total. The van der Waals surface area contributed by atoms with Gasteiger partial charge in [-0.25, -0.2) is 0 Å². The molecule has 4 saturated carbocycles. The molecule has 20 heavy (non-hydrogen) atoms. The predicted octanol–water partition coefficient (Wildman–Crippen LogP) is 1.92. The molecule has 0 heterocycles. The summed E-state index contributed by atoms with van der Waals surface area (Å²) in [5.41, 5.74) is -0.463. The van der Waals surface area contributed by atoms with Gasteiger partial charge in [0.1, 0.15) is 6.07 Å². The van der Waals surface area contributed by atoms with Gasteiger partial charge in [0.2, 0.25) is 5.71 Å². The molecule has 0 aliphatic heterocycles. The highest BCUT2D eigenvalue weighted by molar-refractivity contribution is 6.44. The maximum atomic E-state index is 11.5. The number of nitriles is 1. The van der Waals surface area contributed by atoms with Crippen LogP contribution in [0.3, 0.4) is 0 Å². The molecule has 108 valence electrons. The minimum absolute atomic E-state index is 0.463. The van der Waals surface area contributed by atoms with Gasteiger partial charge in [-0.05, 0) is 68.1 Å². The molecule has 0 saturated heterocycles. The first kappa shape index (κ1) is 13.4. The molecular formula is C15H21N3O2. The van der Waals surface area contributed by atoms with E-state index in [1.54, 1.807) is 6.07 Å². The van der Waals surface area contributed by atoms with Crippen LogP contribution < -0.4 is 5.32 Å². The lowest BCUT2D eigenvalue weighted by atomic mass is 9.51. The third-order valence-electron chi connectivity index (χ3n) is 5.61. The molecule has 0 atom stereocenters. The van der Waals surface area contributed by atoms with Gasteiger partial charge in [-0.1, -0.05) is 5.16 Å². The molecule has 0 aromatic heterocycles. The molecule has 4 bridgehead atoms. The third-order valence-corrected chi connectivity index (χ3v) is 5.61. The molecule has 0 unspecified atom stereocenters. The van der Waals surface area contributed by atoms with Gasteiger partial charge < -0.3 is 10.5 Å². The van der Waals surface area contributed by atoms with E-state index in [0.717, 1.165) is 36.0 Å². The van der Waals surface area contributed by atoms with Crippen LogP contribution in [0.25, 0.3) is 0 Å². The van der Waals surface area contributed by atoms with Gasteiger partial charge in [-0.15, -0.1) is 0 Å². The largest absolute Gasteiger partial charge is 0.410 e. The topological polar surface area (TPSA) is 85.5 Å². The Hall–Kier alpha value is -1.57. The lowest BCUT2D eigenvalue weighted by Crippen LogP contribution is -2.46. The molecule has 1 amide bonds. The van der Waals surface area contributed by atoms with Crippen LogP contribution in [0.5, 0.6) is 0 Å². The maximum Gasteiger partial charge on any atom is 0.284 e. The average Bonchev–Trinajstić information content (AvgIpc) is 2.42. The second-order valence-electron chi connectivity index (χ2n) is 6.70. The van der Waals surface area contributed by atoms with E-state index in [1.807, 2.05) is 0 Å². The van der Waals surface area contributed by atoms with Gasteiger partial charge >= 0.3 is 0 Å². The fourth-order valence-electron chi connectivity index (χ4n) is 5.06. The summed E-state index contributed by atoms with van der Waals surface area (Å²) < 4.78 is 0. The van der Waals surface area contributed by atoms with Crippen molar-refractivity contribution in [2.24, 2.45) is 34.7 Å². The van der Waals surface area contributed by atoms with Crippen molar-refractivity contribution in [3.05, 3.63) is 0 Å². The van der Waals surface area contributed by atoms with E-state index >= 15 is 0 Å². The Balaban J connectivity index is 1.50. The zero-order valence-electron chi connectivity index (χ0n) is 11.6. The zero-order valence-corrected chi connectivity index (χ0v) is 11.6. The Morgan fingerprint density at radius 2 is 1.80 bits per heavy atom. The normalized spacial score (nSPS) is 38.5. The first-order valence-electron chi connectivity index (χ1n) is 7.61. The summed E-state index contributed by atoms with van der Waals surface area (Å²) in [5.74, 6) is 3.80. The Morgan fingerprint density at radius 3 is 2.30 bits per heavy atom. The van der Waals surface area contributed by atoms with E-state index in [-0.39, 0.29) is 0 Å². The molecule has 0 aromatic carbocycles. The quantitative estimate of drug-likeness (QED) is 0.467. The van der Waals surface area contributed by atoms with E-state index in [0.29, 0.717) is 6.54 Å². The number of nitrogens with zero attached hydrogens (tertiary/aromatic N) is 2. The minimum atomic E-state index is -0.571. The second-order valence-corrected chi connectivity index (χ2v) is 6.70. The van der Waals surface area contributed by atoms with Gasteiger partial charge in [-0.3, -0.25) is 4.79 Å². The summed E-state index contributed by atoms with van der Waals surface area (Å²) in [6.07, 6.45) is 7.97. The van der Waals surface area contributed by atoms with Crippen molar-refractivity contribution >= 4 is 11.6 Å². The number of hydrogen-bond acceptors (Lipinski definition) is 4. The van der Waals surface area contributed by atoms with Crippen molar-refractivity contribution in [2.45, 2.75) is 38.5 Å². The van der Waals surface area contributed by atoms with Crippen LogP contribution in [0.4, 0.5) is 0 Å². The monoisotopic (exact) mass is 275 g/mol. The van der Waals surface area contributed by atoms with Crippen molar-refractivity contribution in [2.75, 3.05) is 6.54 Å². The summed E-state index contributed by atoms with van der Waals surface area (Å²) in [6.45, 7) is 0.576. The Morgan fingerprint density at radius 1 is 1.20 bits per heavy atom. The van der Waals surface area contributed by atoms with Crippen molar-refractivity contribution in [3.8, 4) is 6.07 Å². The number of oxime groups is 1. The van der Waals surface area contributed by atoms with Gasteiger partial charge in [0.05, 0.1) is 0 Å². The second kappa shape index (κ2) is 5.43. The number of carbonyl (C=O) groups is 1. The van der Waals surface area contributed by atoms with Crippen LogP contribution in [0.2, 0.25) is 0 Å². The van der Waals surface area contributed by atoms with Crippen LogP contribution in [-0.4, -0.2) is 23.4 Å². The summed E-state index contributed by atoms with van der Waals surface area (Å²) in [7, 11) is 0. The standard InChI is InChI=1S/C15H21N3O2/c16-8-14(18-20)15(19)17-2-1-13-11-4-9-3-10(6-11)7-12(13)5-9/h9-13,20H,1-7H2,(H,17,19)/b18-14+. The molecule has 5 nitrogen and oxygen atoms in total. The van der Waals surface area contributed by atoms with Crippen molar-refractivity contribution in [1.29, 1.82) is 5.26 Å². The number of nitrogens with one attached hydrogen (secondary N) is 1. The van der Waals surface area contributed by atoms with Crippen LogP contribution in [0.1, 0.15) is 38.5 Å². The highest BCUT2D eigenvalue weighted by Gasteiger charge is 2.47. The molecule has 4 aliphatic rings. The fourth-order valence-corrected chi connectivity index (χ4v) is 5.06. The van der Waals surface area contributed by atoms with Crippen molar-refractivity contribution < 1.29 is 10.0 Å². The number of hydrogen-bond donors (Lipinski definition) is 2. The highest BCUT2D eigenvalue weighted by Crippen LogP contribution is 2.57. The summed E-state index contributed by atoms with van der Waals surface area (Å²) in [6, 6.07) is 1.58. The van der Waals surface area contributed by atoms with Gasteiger partial charge in [0, 0.05) is 6.54 Å². The van der Waals surface area contributed by atoms with E-state index < -0.39 is 11.6 Å². The summed E-state index contributed by atoms with van der Waals surface area (Å²) in [5, 5.41) is 22.5. The number of amides is 1. The minimum Gasteiger partial charge on any atom is -0.410 e. The van der Waals surface area contributed by atoms with Crippen LogP contribution in [-0.2, 0) is 4.79 Å². The van der Waals surface area contributed by atoms with Gasteiger partial charge in [0.15, 0.2) is 0 Å². The molecule has 4 aliphatic carbocycles. The molecule has 4 rings (SSSR count). The average molecular weight is 275 g/mol. The molecule has 0 aromatic rings. The van der Waals surface area contributed by atoms with E-state index in [2.05, 4.69) is 10.5 Å². The highest BCUT2D eigenvalue weighted by atomic mass is 16.4. The summed E-state index contributed by atoms with van der Waals surface area (Å²) >= 11 is 0. The molecule has 4 fully saturated rings. The van der Waals surface area contributed by atoms with Gasteiger partial charge in [-0.2, -0.15) is 5.26 Å². The van der Waals surface area contributed by atoms with E-state index in [4.69, 9.17) is 10.5 Å². The molecule has 5 heteroatoms. The number of carbonyl (C=O) groups excluding carboxylic acids is 1. The predicted molar refractivity (Wildman–Crippen MR) is 73.0 cm³/mol. The fraction of sp³-hybridized carbons (Fsp3) is 0.800. The number of rotatable bonds is 4. The lowest BCUT2D eigenvalue weighted by Gasteiger charge is -2.54. The van der Waals surface area contributed by atoms with E-state index in [1.165, 1.54) is 32.1 Å². The van der Waals surface area contributed by atoms with Crippen molar-refractivity contribution in [1.82, 2.24) is 5.32 Å². The first-order valence-corrected chi connectivity index (χ1v) is 7.61. The molecule has 0 spiro atoms. The van der Waals surface area contributed by atoms with E-state index in [9.17, 15) is 4.79 Å². The summed E-state index contributed by atoms with van der Waals surface area (Å²) in [4.78, 5) is 11.5. The van der Waals surface area contributed by atoms with Gasteiger partial charge in [0.25, 0.3) is 5.91 Å². The Labute approximate surface area is 119 Å². The van der Waals surface area contributed by atoms with Crippen LogP contribution >= 0.6 is 0 Å². The maximum absolute atomic E-state index is 11.5. The Bertz CT molecular complexity index is 438. The Kier molecular flexibility index (Phi) is 3.64. The first-order chi connectivity index (χ1) is 9.71. The zero-order chi connectivity index (χ0) is 14.1. The van der Waals surface area contributed by atoms with Crippen LogP contribution in [0.15, 0.2) is 5.16 Å². The lowest BCUT2D eigenvalue weighted by molar-refractivity contribution is -0.115. The SMILES string of the molecule is N#C/C(=N\O)C(=O)NCCC1C2CC3CC(C2)CC1C3. The van der Waals surface area contributed by atoms with Crippen molar-refractivity contribution in [3.63, 3.8) is 0 Å². The third kappa shape index (κ3) is 2.39. The van der Waals surface area contributed by atoms with Crippen LogP contribution in [0, 0.1) is 40.9 Å². The smallest absolute Gasteiger partial charge is 0.284 e.